The maximum Gasteiger partial charge on any atom is 0.312 e. The van der Waals surface area contributed by atoms with E-state index in [1.165, 1.54) is 0 Å². The second-order valence-corrected chi connectivity index (χ2v) is 9.11. The molecule has 0 aliphatic heterocycles. The molecule has 1 aromatic rings. The Bertz CT molecular complexity index is 640. The van der Waals surface area contributed by atoms with E-state index in [1.807, 2.05) is 6.92 Å². The minimum atomic E-state index is -3.56. The average Bonchev–Trinajstić information content (AvgIpc) is 2.36. The van der Waals surface area contributed by atoms with Crippen LogP contribution in [0, 0.1) is 12.3 Å². The van der Waals surface area contributed by atoms with Gasteiger partial charge < -0.3 is 4.74 Å². The van der Waals surface area contributed by atoms with Crippen molar-refractivity contribution in [1.29, 1.82) is 0 Å². The van der Waals surface area contributed by atoms with Crippen LogP contribution in [0.15, 0.2) is 29.2 Å². The van der Waals surface area contributed by atoms with Crippen LogP contribution < -0.4 is 4.72 Å². The minimum Gasteiger partial charge on any atom is -0.460 e. The van der Waals surface area contributed by atoms with Gasteiger partial charge in [-0.2, -0.15) is 0 Å². The monoisotopic (exact) mass is 341 g/mol. The van der Waals surface area contributed by atoms with Crippen molar-refractivity contribution in [2.75, 3.05) is 6.54 Å². The highest BCUT2D eigenvalue weighted by atomic mass is 32.2. The van der Waals surface area contributed by atoms with Gasteiger partial charge in [0.25, 0.3) is 0 Å². The number of hydrogen-bond acceptors (Lipinski definition) is 4. The van der Waals surface area contributed by atoms with Crippen molar-refractivity contribution in [2.45, 2.75) is 58.5 Å². The average molecular weight is 341 g/mol. The second-order valence-electron chi connectivity index (χ2n) is 7.35. The molecule has 6 heteroatoms. The lowest BCUT2D eigenvalue weighted by Gasteiger charge is -2.28. The summed E-state index contributed by atoms with van der Waals surface area (Å²) in [4.78, 5) is 12.4. The van der Waals surface area contributed by atoms with Gasteiger partial charge in [0.05, 0.1) is 10.3 Å². The van der Waals surface area contributed by atoms with Crippen molar-refractivity contribution in [1.82, 2.24) is 4.72 Å². The van der Waals surface area contributed by atoms with E-state index < -0.39 is 21.0 Å². The third kappa shape index (κ3) is 6.31. The van der Waals surface area contributed by atoms with Gasteiger partial charge in [-0.1, -0.05) is 17.7 Å². The fourth-order valence-electron chi connectivity index (χ4n) is 1.82. The molecule has 0 unspecified atom stereocenters. The Morgan fingerprint density at radius 2 is 1.61 bits per heavy atom. The normalized spacial score (nSPS) is 13.0. The van der Waals surface area contributed by atoms with Gasteiger partial charge in [-0.3, -0.25) is 4.79 Å². The summed E-state index contributed by atoms with van der Waals surface area (Å²) in [6, 6.07) is 6.63. The highest BCUT2D eigenvalue weighted by molar-refractivity contribution is 7.89. The fraction of sp³-hybridized carbons (Fsp3) is 0.588. The topological polar surface area (TPSA) is 72.5 Å². The third-order valence-electron chi connectivity index (χ3n) is 3.32. The number of ether oxygens (including phenoxy) is 1. The predicted octanol–water partition coefficient (Wildman–Crippen LogP) is 3.03. The molecule has 1 N–H and O–H groups in total. The highest BCUT2D eigenvalue weighted by Gasteiger charge is 2.32. The smallest absolute Gasteiger partial charge is 0.312 e. The van der Waals surface area contributed by atoms with Crippen LogP contribution in [0.1, 0.15) is 46.6 Å². The van der Waals surface area contributed by atoms with Crippen LogP contribution in [-0.2, 0) is 19.6 Å². The van der Waals surface area contributed by atoms with Gasteiger partial charge in [0.15, 0.2) is 0 Å². The zero-order valence-corrected chi connectivity index (χ0v) is 15.6. The lowest BCUT2D eigenvalue weighted by atomic mass is 9.89. The number of benzene rings is 1. The number of hydrogen-bond donors (Lipinski definition) is 1. The Morgan fingerprint density at radius 3 is 2.09 bits per heavy atom. The number of esters is 1. The Balaban J connectivity index is 2.64. The van der Waals surface area contributed by atoms with Crippen LogP contribution in [0.4, 0.5) is 0 Å². The van der Waals surface area contributed by atoms with Gasteiger partial charge in [0, 0.05) is 6.54 Å². The van der Waals surface area contributed by atoms with Crippen molar-refractivity contribution in [3.63, 3.8) is 0 Å². The van der Waals surface area contributed by atoms with E-state index in [4.69, 9.17) is 4.74 Å². The van der Waals surface area contributed by atoms with Gasteiger partial charge in [0.2, 0.25) is 10.0 Å². The van der Waals surface area contributed by atoms with Gasteiger partial charge >= 0.3 is 5.97 Å². The largest absolute Gasteiger partial charge is 0.460 e. The molecule has 0 heterocycles. The molecular formula is C17H27NO4S. The molecule has 0 saturated heterocycles. The predicted molar refractivity (Wildman–Crippen MR) is 90.6 cm³/mol. The van der Waals surface area contributed by atoms with E-state index in [0.29, 0.717) is 6.42 Å². The maximum atomic E-state index is 12.2. The van der Waals surface area contributed by atoms with E-state index in [9.17, 15) is 13.2 Å². The molecule has 0 atom stereocenters. The number of carbonyl (C=O) groups excluding carboxylic acids is 1. The molecule has 0 radical (unpaired) electrons. The van der Waals surface area contributed by atoms with Gasteiger partial charge in [-0.25, -0.2) is 13.1 Å². The summed E-state index contributed by atoms with van der Waals surface area (Å²) in [6.45, 7) is 11.0. The molecule has 1 rings (SSSR count). The standard InChI is InChI=1S/C17H27NO4S/c1-13-7-9-14(10-8-13)23(20,21)18-12-11-17(5,6)15(19)22-16(2,3)4/h7-10,18H,11-12H2,1-6H3. The van der Waals surface area contributed by atoms with Crippen molar-refractivity contribution >= 4 is 16.0 Å². The summed E-state index contributed by atoms with van der Waals surface area (Å²) >= 11 is 0. The van der Waals surface area contributed by atoms with E-state index in [-0.39, 0.29) is 17.4 Å². The number of rotatable bonds is 6. The van der Waals surface area contributed by atoms with E-state index >= 15 is 0 Å². The molecule has 0 fully saturated rings. The lowest BCUT2D eigenvalue weighted by molar-refractivity contribution is -0.165. The number of aryl methyl sites for hydroxylation is 1. The number of nitrogens with one attached hydrogen (secondary N) is 1. The molecule has 0 saturated carbocycles. The molecule has 0 spiro atoms. The SMILES string of the molecule is Cc1ccc(S(=O)(=O)NCCC(C)(C)C(=O)OC(C)(C)C)cc1. The van der Waals surface area contributed by atoms with Crippen molar-refractivity contribution in [3.05, 3.63) is 29.8 Å². The molecule has 1 aromatic carbocycles. The quantitative estimate of drug-likeness (QED) is 0.807. The van der Waals surface area contributed by atoms with E-state index in [2.05, 4.69) is 4.72 Å². The van der Waals surface area contributed by atoms with Crippen LogP contribution >= 0.6 is 0 Å². The summed E-state index contributed by atoms with van der Waals surface area (Å²) in [5.41, 5.74) is -0.325. The second kappa shape index (κ2) is 7.01. The maximum absolute atomic E-state index is 12.2. The Kier molecular flexibility index (Phi) is 5.99. The van der Waals surface area contributed by atoms with Crippen molar-refractivity contribution in [2.24, 2.45) is 5.41 Å². The first-order chi connectivity index (χ1) is 10.3. The molecule has 5 nitrogen and oxygen atoms in total. The fourth-order valence-corrected chi connectivity index (χ4v) is 2.85. The zero-order chi connectivity index (χ0) is 17.9. The van der Waals surface area contributed by atoms with Crippen molar-refractivity contribution in [3.8, 4) is 0 Å². The Labute approximate surface area is 139 Å². The first kappa shape index (κ1) is 19.6. The molecular weight excluding hydrogens is 314 g/mol. The Hall–Kier alpha value is -1.40. The first-order valence-electron chi connectivity index (χ1n) is 7.63. The molecule has 0 aliphatic carbocycles. The molecule has 0 amide bonds. The molecule has 130 valence electrons. The van der Waals surface area contributed by atoms with E-state index in [1.54, 1.807) is 58.9 Å². The summed E-state index contributed by atoms with van der Waals surface area (Å²) in [6.07, 6.45) is 0.354. The van der Waals surface area contributed by atoms with Crippen LogP contribution in [0.2, 0.25) is 0 Å². The highest BCUT2D eigenvalue weighted by Crippen LogP contribution is 2.25. The number of carbonyl (C=O) groups is 1. The van der Waals surface area contributed by atoms with Gasteiger partial charge in [-0.15, -0.1) is 0 Å². The first-order valence-corrected chi connectivity index (χ1v) is 9.12. The van der Waals surface area contributed by atoms with Crippen LogP contribution in [0.5, 0.6) is 0 Å². The summed E-state index contributed by atoms with van der Waals surface area (Å²) in [5, 5.41) is 0. The van der Waals surface area contributed by atoms with Crippen molar-refractivity contribution < 1.29 is 17.9 Å². The number of sulfonamides is 1. The van der Waals surface area contributed by atoms with Gasteiger partial charge in [0.1, 0.15) is 5.60 Å². The minimum absolute atomic E-state index is 0.169. The zero-order valence-electron chi connectivity index (χ0n) is 14.8. The third-order valence-corrected chi connectivity index (χ3v) is 4.80. The summed E-state index contributed by atoms with van der Waals surface area (Å²) < 4.78 is 32.3. The molecule has 0 bridgehead atoms. The van der Waals surface area contributed by atoms with Crippen LogP contribution in [0.3, 0.4) is 0 Å². The van der Waals surface area contributed by atoms with Gasteiger partial charge in [-0.05, 0) is 60.1 Å². The summed E-state index contributed by atoms with van der Waals surface area (Å²) in [5.74, 6) is -0.334. The summed E-state index contributed by atoms with van der Waals surface area (Å²) in [7, 11) is -3.56. The molecule has 0 aromatic heterocycles. The van der Waals surface area contributed by atoms with Crippen LogP contribution in [-0.4, -0.2) is 26.5 Å². The molecule has 0 aliphatic rings. The van der Waals surface area contributed by atoms with E-state index in [0.717, 1.165) is 5.56 Å². The van der Waals surface area contributed by atoms with Crippen LogP contribution in [0.25, 0.3) is 0 Å². The Morgan fingerprint density at radius 1 is 1.09 bits per heavy atom. The molecule has 23 heavy (non-hydrogen) atoms. The lowest BCUT2D eigenvalue weighted by Crippen LogP contribution is -2.36.